The Morgan fingerprint density at radius 3 is 2.73 bits per heavy atom. The number of anilines is 2. The highest BCUT2D eigenvalue weighted by Gasteiger charge is 2.30. The lowest BCUT2D eigenvalue weighted by atomic mass is 10.2. The van der Waals surface area contributed by atoms with Crippen LogP contribution in [0.4, 0.5) is 11.4 Å². The second-order valence-electron chi connectivity index (χ2n) is 6.01. The van der Waals surface area contributed by atoms with Crippen LogP contribution in [0.15, 0.2) is 42.5 Å². The molecule has 1 heterocycles. The van der Waals surface area contributed by atoms with E-state index >= 15 is 0 Å². The monoisotopic (exact) mass is 394 g/mol. The molecule has 0 radical (unpaired) electrons. The minimum absolute atomic E-state index is 0.101. The van der Waals surface area contributed by atoms with E-state index in [1.165, 1.54) is 4.31 Å². The van der Waals surface area contributed by atoms with Crippen LogP contribution in [0.3, 0.4) is 0 Å². The summed E-state index contributed by atoms with van der Waals surface area (Å²) >= 11 is 6.16. The number of amides is 1. The Kier molecular flexibility index (Phi) is 5.38. The normalized spacial score (nSPS) is 15.7. The number of benzene rings is 2. The van der Waals surface area contributed by atoms with Crippen molar-refractivity contribution < 1.29 is 17.9 Å². The van der Waals surface area contributed by atoms with Gasteiger partial charge in [0.2, 0.25) is 10.0 Å². The van der Waals surface area contributed by atoms with Gasteiger partial charge in [-0.15, -0.1) is 0 Å². The molecule has 1 N–H and O–H groups in total. The summed E-state index contributed by atoms with van der Waals surface area (Å²) in [6.45, 7) is 2.13. The number of nitrogens with one attached hydrogen (secondary N) is 1. The summed E-state index contributed by atoms with van der Waals surface area (Å²) in [6.07, 6.45) is 0.555. The Morgan fingerprint density at radius 2 is 2.04 bits per heavy atom. The average Bonchev–Trinajstić information content (AvgIpc) is 2.95. The van der Waals surface area contributed by atoms with Gasteiger partial charge in [0.25, 0.3) is 5.91 Å². The number of ether oxygens (including phenoxy) is 1. The largest absolute Gasteiger partial charge is 0.483 e. The van der Waals surface area contributed by atoms with Gasteiger partial charge in [-0.25, -0.2) is 8.42 Å². The van der Waals surface area contributed by atoms with E-state index in [-0.39, 0.29) is 18.3 Å². The molecule has 0 atom stereocenters. The number of carbonyl (C=O) groups is 1. The lowest BCUT2D eigenvalue weighted by Crippen LogP contribution is -2.26. The van der Waals surface area contributed by atoms with Crippen LogP contribution < -0.4 is 14.4 Å². The minimum Gasteiger partial charge on any atom is -0.483 e. The van der Waals surface area contributed by atoms with Crippen molar-refractivity contribution >= 4 is 38.9 Å². The topological polar surface area (TPSA) is 75.7 Å². The van der Waals surface area contributed by atoms with Crippen LogP contribution >= 0.6 is 11.6 Å². The second-order valence-corrected chi connectivity index (χ2v) is 8.43. The van der Waals surface area contributed by atoms with Crippen LogP contribution in [0.1, 0.15) is 12.0 Å². The zero-order valence-electron chi connectivity index (χ0n) is 14.2. The number of hydrogen-bond donors (Lipinski definition) is 1. The zero-order valence-corrected chi connectivity index (χ0v) is 15.8. The summed E-state index contributed by atoms with van der Waals surface area (Å²) < 4.78 is 31.0. The zero-order chi connectivity index (χ0) is 18.7. The summed E-state index contributed by atoms with van der Waals surface area (Å²) in [5, 5.41) is 3.03. The molecular formula is C18H19ClN2O4S. The number of sulfonamides is 1. The Hall–Kier alpha value is -2.25. The van der Waals surface area contributed by atoms with Crippen LogP contribution in [0.2, 0.25) is 5.02 Å². The highest BCUT2D eigenvalue weighted by Crippen LogP contribution is 2.33. The first-order valence-corrected chi connectivity index (χ1v) is 10.1. The molecule has 26 heavy (non-hydrogen) atoms. The van der Waals surface area contributed by atoms with Crippen molar-refractivity contribution in [3.63, 3.8) is 0 Å². The summed E-state index contributed by atoms with van der Waals surface area (Å²) in [4.78, 5) is 12.1. The number of carbonyl (C=O) groups excluding carboxylic acids is 1. The van der Waals surface area contributed by atoms with Crippen molar-refractivity contribution in [3.05, 3.63) is 53.1 Å². The Bertz CT molecular complexity index is 931. The Balaban J connectivity index is 1.69. The number of aryl methyl sites for hydroxylation is 1. The fourth-order valence-corrected chi connectivity index (χ4v) is 4.59. The Labute approximate surface area is 157 Å². The maximum Gasteiger partial charge on any atom is 0.262 e. The number of nitrogens with zero attached hydrogens (tertiary/aromatic N) is 1. The van der Waals surface area contributed by atoms with Gasteiger partial charge in [-0.3, -0.25) is 9.10 Å². The molecule has 0 aliphatic carbocycles. The van der Waals surface area contributed by atoms with E-state index in [2.05, 4.69) is 5.32 Å². The minimum atomic E-state index is -3.35. The first-order valence-electron chi connectivity index (χ1n) is 8.15. The smallest absolute Gasteiger partial charge is 0.262 e. The molecule has 8 heteroatoms. The third-order valence-electron chi connectivity index (χ3n) is 4.05. The highest BCUT2D eigenvalue weighted by molar-refractivity contribution is 7.93. The SMILES string of the molecule is Cc1ccccc1OCC(=O)Nc1ccc(Cl)c(N2CCCS2(=O)=O)c1. The van der Waals surface area contributed by atoms with Gasteiger partial charge in [0.1, 0.15) is 5.75 Å². The third kappa shape index (κ3) is 4.11. The van der Waals surface area contributed by atoms with E-state index in [9.17, 15) is 13.2 Å². The summed E-state index contributed by atoms with van der Waals surface area (Å²) in [5.74, 6) is 0.401. The van der Waals surface area contributed by atoms with Gasteiger partial charge in [0, 0.05) is 12.2 Å². The molecule has 1 aliphatic rings. The number of hydrogen-bond acceptors (Lipinski definition) is 4. The molecule has 0 saturated carbocycles. The van der Waals surface area contributed by atoms with Gasteiger partial charge in [-0.05, 0) is 43.2 Å². The van der Waals surface area contributed by atoms with E-state index in [0.29, 0.717) is 35.1 Å². The Morgan fingerprint density at radius 1 is 1.27 bits per heavy atom. The van der Waals surface area contributed by atoms with Gasteiger partial charge in [-0.1, -0.05) is 29.8 Å². The molecule has 1 aliphatic heterocycles. The highest BCUT2D eigenvalue weighted by atomic mass is 35.5. The van der Waals surface area contributed by atoms with Gasteiger partial charge in [-0.2, -0.15) is 0 Å². The average molecular weight is 395 g/mol. The third-order valence-corrected chi connectivity index (χ3v) is 6.23. The van der Waals surface area contributed by atoms with Crippen LogP contribution in [-0.4, -0.2) is 33.2 Å². The van der Waals surface area contributed by atoms with Gasteiger partial charge < -0.3 is 10.1 Å². The van der Waals surface area contributed by atoms with Crippen LogP contribution in [0, 0.1) is 6.92 Å². The number of rotatable bonds is 5. The van der Waals surface area contributed by atoms with Crippen molar-refractivity contribution in [3.8, 4) is 5.75 Å². The summed E-state index contributed by atoms with van der Waals surface area (Å²) in [7, 11) is -3.35. The fourth-order valence-electron chi connectivity index (χ4n) is 2.75. The molecule has 6 nitrogen and oxygen atoms in total. The van der Waals surface area contributed by atoms with Crippen molar-refractivity contribution in [2.24, 2.45) is 0 Å². The molecule has 2 aromatic rings. The van der Waals surface area contributed by atoms with Crippen molar-refractivity contribution in [1.82, 2.24) is 0 Å². The standard InChI is InChI=1S/C18H19ClN2O4S/c1-13-5-2-3-6-17(13)25-12-18(22)20-14-7-8-15(19)16(11-14)21-9-4-10-26(21,23)24/h2-3,5-8,11H,4,9-10,12H2,1H3,(H,20,22). The summed E-state index contributed by atoms with van der Waals surface area (Å²) in [5.41, 5.74) is 1.78. The predicted octanol–water partition coefficient (Wildman–Crippen LogP) is 3.21. The molecule has 1 fully saturated rings. The van der Waals surface area contributed by atoms with Crippen molar-refractivity contribution in [1.29, 1.82) is 0 Å². The molecule has 0 aromatic heterocycles. The number of halogens is 1. The van der Waals surface area contributed by atoms with E-state index in [0.717, 1.165) is 5.56 Å². The first-order chi connectivity index (χ1) is 12.4. The van der Waals surface area contributed by atoms with Crippen LogP contribution in [0.5, 0.6) is 5.75 Å². The molecular weight excluding hydrogens is 376 g/mol. The van der Waals surface area contributed by atoms with E-state index in [1.807, 2.05) is 25.1 Å². The summed E-state index contributed by atoms with van der Waals surface area (Å²) in [6, 6.07) is 12.2. The first kappa shape index (κ1) is 18.5. The van der Waals surface area contributed by atoms with Crippen molar-refractivity contribution in [2.45, 2.75) is 13.3 Å². The lowest BCUT2D eigenvalue weighted by Gasteiger charge is -2.19. The molecule has 0 bridgehead atoms. The molecule has 0 unspecified atom stereocenters. The maximum atomic E-state index is 12.1. The maximum absolute atomic E-state index is 12.1. The quantitative estimate of drug-likeness (QED) is 0.844. The fraction of sp³-hybridized carbons (Fsp3) is 0.278. The lowest BCUT2D eigenvalue weighted by molar-refractivity contribution is -0.118. The van der Waals surface area contributed by atoms with E-state index in [4.69, 9.17) is 16.3 Å². The molecule has 138 valence electrons. The molecule has 1 saturated heterocycles. The van der Waals surface area contributed by atoms with Gasteiger partial charge in [0.05, 0.1) is 16.5 Å². The van der Waals surface area contributed by atoms with Crippen LogP contribution in [0.25, 0.3) is 0 Å². The molecule has 1 amide bonds. The van der Waals surface area contributed by atoms with Gasteiger partial charge in [0.15, 0.2) is 6.61 Å². The van der Waals surface area contributed by atoms with Crippen molar-refractivity contribution in [2.75, 3.05) is 28.5 Å². The van der Waals surface area contributed by atoms with E-state index in [1.54, 1.807) is 24.3 Å². The molecule has 0 spiro atoms. The van der Waals surface area contributed by atoms with Crippen LogP contribution in [-0.2, 0) is 14.8 Å². The molecule has 3 rings (SSSR count). The van der Waals surface area contributed by atoms with Gasteiger partial charge >= 0.3 is 0 Å². The number of para-hydroxylation sites is 1. The predicted molar refractivity (Wildman–Crippen MR) is 103 cm³/mol. The van der Waals surface area contributed by atoms with E-state index < -0.39 is 10.0 Å². The second kappa shape index (κ2) is 7.55. The molecule has 2 aromatic carbocycles.